The van der Waals surface area contributed by atoms with E-state index < -0.39 is 10.8 Å². The van der Waals surface area contributed by atoms with Gasteiger partial charge in [0, 0.05) is 31.9 Å². The van der Waals surface area contributed by atoms with Crippen molar-refractivity contribution in [3.05, 3.63) is 34.3 Å². The van der Waals surface area contributed by atoms with Crippen molar-refractivity contribution in [3.8, 4) is 0 Å². The number of aryl methyl sites for hydroxylation is 1. The van der Waals surface area contributed by atoms with Crippen molar-refractivity contribution >= 4 is 40.1 Å². The normalized spacial score (nSPS) is 23.4. The highest BCUT2D eigenvalue weighted by Gasteiger charge is 2.39. The molecule has 0 radical (unpaired) electrons. The SMILES string of the molecule is O=S1CCCc2nc(N3CC4=C(CN(c5ncc(Cl)cn5)C4)C3)nc(NC3(CO)CCC3)c21. The molecule has 0 bridgehead atoms. The first-order valence-electron chi connectivity index (χ1n) is 11.4. The van der Waals surface area contributed by atoms with Crippen LogP contribution in [0.25, 0.3) is 0 Å². The lowest BCUT2D eigenvalue weighted by molar-refractivity contribution is 0.143. The smallest absolute Gasteiger partial charge is 0.228 e. The third kappa shape index (κ3) is 3.77. The molecule has 0 aromatic carbocycles. The molecule has 0 saturated heterocycles. The van der Waals surface area contributed by atoms with E-state index in [0.29, 0.717) is 28.5 Å². The molecule has 9 nitrogen and oxygen atoms in total. The number of rotatable bonds is 5. The van der Waals surface area contributed by atoms with E-state index in [9.17, 15) is 9.32 Å². The number of halogens is 1. The minimum absolute atomic E-state index is 0.0515. The van der Waals surface area contributed by atoms with Gasteiger partial charge in [-0.25, -0.2) is 15.0 Å². The monoisotopic (exact) mass is 487 g/mol. The molecule has 3 aliphatic heterocycles. The first-order valence-corrected chi connectivity index (χ1v) is 13.1. The van der Waals surface area contributed by atoms with Gasteiger partial charge in [0.05, 0.1) is 46.1 Å². The van der Waals surface area contributed by atoms with Crippen LogP contribution >= 0.6 is 11.6 Å². The molecule has 5 heterocycles. The predicted octanol–water partition coefficient (Wildman–Crippen LogP) is 1.94. The van der Waals surface area contributed by atoms with Gasteiger partial charge in [0.15, 0.2) is 0 Å². The lowest BCUT2D eigenvalue weighted by Crippen LogP contribution is -2.49. The molecular formula is C22H26ClN7O2S. The quantitative estimate of drug-likeness (QED) is 0.611. The number of hydrogen-bond acceptors (Lipinski definition) is 9. The maximum Gasteiger partial charge on any atom is 0.228 e. The summed E-state index contributed by atoms with van der Waals surface area (Å²) in [6.45, 7) is 3.12. The van der Waals surface area contributed by atoms with Gasteiger partial charge in [-0.15, -0.1) is 0 Å². The van der Waals surface area contributed by atoms with Gasteiger partial charge in [0.25, 0.3) is 0 Å². The Bertz CT molecular complexity index is 1130. The molecular weight excluding hydrogens is 462 g/mol. The molecule has 2 N–H and O–H groups in total. The molecule has 1 fully saturated rings. The van der Waals surface area contributed by atoms with Crippen LogP contribution in [-0.4, -0.2) is 73.3 Å². The maximum atomic E-state index is 12.9. The van der Waals surface area contributed by atoms with Crippen molar-refractivity contribution < 1.29 is 9.32 Å². The van der Waals surface area contributed by atoms with Crippen molar-refractivity contribution in [2.24, 2.45) is 0 Å². The fourth-order valence-corrected chi connectivity index (χ4v) is 6.53. The maximum absolute atomic E-state index is 12.9. The van der Waals surface area contributed by atoms with Gasteiger partial charge >= 0.3 is 0 Å². The van der Waals surface area contributed by atoms with Crippen LogP contribution in [0.15, 0.2) is 28.4 Å². The van der Waals surface area contributed by atoms with Crippen LogP contribution in [0.4, 0.5) is 17.7 Å². The number of nitrogens with zero attached hydrogens (tertiary/aromatic N) is 6. The first-order chi connectivity index (χ1) is 16.0. The van der Waals surface area contributed by atoms with Crippen LogP contribution in [0.2, 0.25) is 5.02 Å². The minimum Gasteiger partial charge on any atom is -0.394 e. The Labute approximate surface area is 199 Å². The van der Waals surface area contributed by atoms with Crippen molar-refractivity contribution in [3.63, 3.8) is 0 Å². The number of anilines is 3. The van der Waals surface area contributed by atoms with E-state index in [1.54, 1.807) is 12.4 Å². The van der Waals surface area contributed by atoms with E-state index in [0.717, 1.165) is 68.9 Å². The first kappa shape index (κ1) is 21.2. The zero-order chi connectivity index (χ0) is 22.6. The number of aliphatic hydroxyl groups excluding tert-OH is 1. The number of hydrogen-bond donors (Lipinski definition) is 2. The van der Waals surface area contributed by atoms with Crippen molar-refractivity contribution in [1.29, 1.82) is 0 Å². The van der Waals surface area contributed by atoms with Gasteiger partial charge in [-0.05, 0) is 43.3 Å². The molecule has 174 valence electrons. The molecule has 2 aromatic heterocycles. The summed E-state index contributed by atoms with van der Waals surface area (Å²) in [5.41, 5.74) is 3.21. The Kier molecular flexibility index (Phi) is 5.26. The van der Waals surface area contributed by atoms with E-state index in [2.05, 4.69) is 25.1 Å². The fourth-order valence-electron chi connectivity index (χ4n) is 5.10. The zero-order valence-electron chi connectivity index (χ0n) is 18.3. The summed E-state index contributed by atoms with van der Waals surface area (Å²) in [6.07, 6.45) is 7.79. The topological polar surface area (TPSA) is 107 Å². The number of fused-ring (bicyclic) bond motifs is 1. The van der Waals surface area contributed by atoms with E-state index in [-0.39, 0.29) is 12.1 Å². The van der Waals surface area contributed by atoms with Gasteiger partial charge in [-0.1, -0.05) is 11.6 Å². The second kappa shape index (κ2) is 8.18. The second-order valence-electron chi connectivity index (χ2n) is 9.34. The van der Waals surface area contributed by atoms with Gasteiger partial charge < -0.3 is 20.2 Å². The largest absolute Gasteiger partial charge is 0.394 e. The van der Waals surface area contributed by atoms with E-state index in [1.165, 1.54) is 11.1 Å². The summed E-state index contributed by atoms with van der Waals surface area (Å²) in [5.74, 6) is 2.64. The van der Waals surface area contributed by atoms with Crippen LogP contribution in [0, 0.1) is 0 Å². The van der Waals surface area contributed by atoms with Crippen molar-refractivity contribution in [2.75, 3.05) is 53.7 Å². The third-order valence-electron chi connectivity index (χ3n) is 7.09. The average Bonchev–Trinajstić information content (AvgIpc) is 3.36. The second-order valence-corrected chi connectivity index (χ2v) is 11.3. The number of nitrogens with one attached hydrogen (secondary N) is 1. The third-order valence-corrected chi connectivity index (χ3v) is 8.83. The van der Waals surface area contributed by atoms with Crippen LogP contribution < -0.4 is 15.1 Å². The van der Waals surface area contributed by atoms with Gasteiger partial charge in [-0.2, -0.15) is 4.98 Å². The van der Waals surface area contributed by atoms with Crippen LogP contribution in [0.3, 0.4) is 0 Å². The average molecular weight is 488 g/mol. The molecule has 1 saturated carbocycles. The summed E-state index contributed by atoms with van der Waals surface area (Å²) in [6, 6.07) is 0. The zero-order valence-corrected chi connectivity index (χ0v) is 19.8. The Morgan fingerprint density at radius 2 is 1.70 bits per heavy atom. The van der Waals surface area contributed by atoms with Gasteiger partial charge in [-0.3, -0.25) is 4.21 Å². The Balaban J connectivity index is 1.24. The summed E-state index contributed by atoms with van der Waals surface area (Å²) in [5, 5.41) is 14.0. The van der Waals surface area contributed by atoms with E-state index in [1.807, 2.05) is 0 Å². The summed E-state index contributed by atoms with van der Waals surface area (Å²) < 4.78 is 12.9. The predicted molar refractivity (Wildman–Crippen MR) is 127 cm³/mol. The molecule has 0 spiro atoms. The molecule has 11 heteroatoms. The highest BCUT2D eigenvalue weighted by Crippen LogP contribution is 2.39. The highest BCUT2D eigenvalue weighted by atomic mass is 35.5. The molecule has 33 heavy (non-hydrogen) atoms. The Morgan fingerprint density at radius 3 is 2.30 bits per heavy atom. The highest BCUT2D eigenvalue weighted by molar-refractivity contribution is 7.85. The van der Waals surface area contributed by atoms with Crippen LogP contribution in [-0.2, 0) is 17.2 Å². The van der Waals surface area contributed by atoms with Crippen molar-refractivity contribution in [1.82, 2.24) is 19.9 Å². The Hall–Kier alpha value is -2.30. The summed E-state index contributed by atoms with van der Waals surface area (Å²) in [4.78, 5) is 23.5. The Morgan fingerprint density at radius 1 is 1.03 bits per heavy atom. The summed E-state index contributed by atoms with van der Waals surface area (Å²) >= 11 is 5.92. The van der Waals surface area contributed by atoms with Gasteiger partial charge in [0.1, 0.15) is 10.7 Å². The van der Waals surface area contributed by atoms with E-state index >= 15 is 0 Å². The molecule has 1 atom stereocenters. The molecule has 1 aliphatic carbocycles. The molecule has 1 unspecified atom stereocenters. The number of aliphatic hydroxyl groups is 1. The fraction of sp³-hybridized carbons (Fsp3) is 0.545. The van der Waals surface area contributed by atoms with E-state index in [4.69, 9.17) is 21.6 Å². The van der Waals surface area contributed by atoms with Gasteiger partial charge in [0.2, 0.25) is 11.9 Å². The lowest BCUT2D eigenvalue weighted by Gasteiger charge is -2.42. The standard InChI is InChI=1S/C22H26ClN7O2S/c23-16-7-24-20(25-8-16)29-9-14-11-30(12-15(14)10-29)21-26-17-3-1-6-33(32)18(17)19(27-21)28-22(13-31)4-2-5-22/h7-8,31H,1-6,9-13H2,(H,26,27,28). The van der Waals surface area contributed by atoms with Crippen LogP contribution in [0.5, 0.6) is 0 Å². The molecule has 4 aliphatic rings. The lowest BCUT2D eigenvalue weighted by atomic mass is 9.77. The molecule has 6 rings (SSSR count). The summed E-state index contributed by atoms with van der Waals surface area (Å²) in [7, 11) is -1.11. The molecule has 0 amide bonds. The van der Waals surface area contributed by atoms with Crippen LogP contribution in [0.1, 0.15) is 31.4 Å². The number of aromatic nitrogens is 4. The molecule has 2 aromatic rings. The minimum atomic E-state index is -1.11. The van der Waals surface area contributed by atoms with Crippen molar-refractivity contribution in [2.45, 2.75) is 42.5 Å².